The lowest BCUT2D eigenvalue weighted by Gasteiger charge is -2.21. The van der Waals surface area contributed by atoms with Crippen molar-refractivity contribution < 1.29 is 14.9 Å². The summed E-state index contributed by atoms with van der Waals surface area (Å²) in [4.78, 5) is 0. The monoisotopic (exact) mass is 256 g/mol. The summed E-state index contributed by atoms with van der Waals surface area (Å²) in [5.41, 5.74) is 0.704. The van der Waals surface area contributed by atoms with Crippen LogP contribution in [-0.2, 0) is 5.41 Å². The van der Waals surface area contributed by atoms with Crippen LogP contribution in [-0.4, -0.2) is 28.7 Å². The first kappa shape index (κ1) is 14.2. The van der Waals surface area contributed by atoms with Gasteiger partial charge in [-0.3, -0.25) is 0 Å². The quantitative estimate of drug-likeness (QED) is 0.725. The van der Waals surface area contributed by atoms with Gasteiger partial charge in [-0.1, -0.05) is 20.8 Å². The van der Waals surface area contributed by atoms with Gasteiger partial charge in [0.2, 0.25) is 0 Å². The van der Waals surface area contributed by atoms with Gasteiger partial charge in [0.15, 0.2) is 0 Å². The molecule has 1 aromatic carbocycles. The summed E-state index contributed by atoms with van der Waals surface area (Å²) in [5.74, 6) is 0.953. The third-order valence-corrected chi connectivity index (χ3v) is 2.74. The van der Waals surface area contributed by atoms with E-state index >= 15 is 0 Å². The molecule has 0 heterocycles. The van der Waals surface area contributed by atoms with E-state index in [1.165, 1.54) is 0 Å². The van der Waals surface area contributed by atoms with E-state index in [4.69, 9.17) is 9.84 Å². The van der Waals surface area contributed by atoms with Gasteiger partial charge in [0.1, 0.15) is 18.1 Å². The number of aliphatic hydroxyl groups excluding tert-OH is 1. The van der Waals surface area contributed by atoms with Crippen molar-refractivity contribution in [3.63, 3.8) is 0 Å². The maximum atomic E-state index is 9.78. The number of hydrogen-bond acceptors (Lipinski definition) is 4. The highest BCUT2D eigenvalue weighted by Crippen LogP contribution is 2.33. The molecule has 0 amide bonds. The highest BCUT2D eigenvalue weighted by atomic mass is 32.1. The molecule has 1 atom stereocenters. The Morgan fingerprint density at radius 2 is 2.00 bits per heavy atom. The fourth-order valence-electron chi connectivity index (χ4n) is 1.45. The zero-order valence-electron chi connectivity index (χ0n) is 10.5. The Kier molecular flexibility index (Phi) is 4.71. The highest BCUT2D eigenvalue weighted by Gasteiger charge is 2.18. The molecule has 0 saturated carbocycles. The van der Waals surface area contributed by atoms with Crippen molar-refractivity contribution in [2.24, 2.45) is 0 Å². The predicted octanol–water partition coefficient (Wildman–Crippen LogP) is 2.36. The summed E-state index contributed by atoms with van der Waals surface area (Å²) >= 11 is 4.14. The van der Waals surface area contributed by atoms with Gasteiger partial charge in [-0.15, -0.1) is 0 Å². The summed E-state index contributed by atoms with van der Waals surface area (Å²) in [6, 6.07) is 5.16. The van der Waals surface area contributed by atoms with E-state index in [0.29, 0.717) is 12.4 Å². The zero-order valence-corrected chi connectivity index (χ0v) is 11.4. The van der Waals surface area contributed by atoms with Crippen LogP contribution in [0.1, 0.15) is 26.3 Å². The molecule has 0 aliphatic carbocycles. The number of aromatic hydroxyl groups is 1. The molecule has 4 heteroatoms. The number of ether oxygens (including phenoxy) is 1. The molecule has 2 N–H and O–H groups in total. The topological polar surface area (TPSA) is 49.7 Å². The molecule has 0 bridgehead atoms. The van der Waals surface area contributed by atoms with Gasteiger partial charge in [-0.05, 0) is 23.6 Å². The van der Waals surface area contributed by atoms with Crippen LogP contribution in [0.15, 0.2) is 18.2 Å². The molecule has 0 fully saturated rings. The molecule has 0 aromatic heterocycles. The number of hydrogen-bond donors (Lipinski definition) is 3. The van der Waals surface area contributed by atoms with Gasteiger partial charge >= 0.3 is 0 Å². The van der Waals surface area contributed by atoms with Crippen LogP contribution in [0.25, 0.3) is 0 Å². The summed E-state index contributed by atoms with van der Waals surface area (Å²) in [5, 5.41) is 18.4. The summed E-state index contributed by atoms with van der Waals surface area (Å²) < 4.78 is 5.50. The van der Waals surface area contributed by atoms with E-state index < -0.39 is 0 Å². The molecule has 1 unspecified atom stereocenters. The first-order chi connectivity index (χ1) is 7.84. The van der Waals surface area contributed by atoms with Crippen molar-refractivity contribution in [3.05, 3.63) is 23.8 Å². The first-order valence-corrected chi connectivity index (χ1v) is 6.11. The van der Waals surface area contributed by atoms with E-state index in [1.54, 1.807) is 12.1 Å². The second-order valence-corrected chi connectivity index (χ2v) is 5.81. The Morgan fingerprint density at radius 3 is 2.53 bits per heavy atom. The molecule has 0 saturated heterocycles. The minimum absolute atomic E-state index is 0.0205. The maximum absolute atomic E-state index is 9.78. The van der Waals surface area contributed by atoms with Crippen molar-refractivity contribution in [2.75, 3.05) is 13.2 Å². The number of thiol groups is 1. The number of rotatable bonds is 4. The van der Waals surface area contributed by atoms with Gasteiger partial charge in [0.05, 0.1) is 11.9 Å². The Morgan fingerprint density at radius 1 is 1.35 bits per heavy atom. The third-order valence-electron chi connectivity index (χ3n) is 2.43. The number of phenols is 1. The Bertz CT molecular complexity index is 371. The predicted molar refractivity (Wildman–Crippen MR) is 72.2 cm³/mol. The molecule has 0 aliphatic rings. The van der Waals surface area contributed by atoms with Crippen molar-refractivity contribution in [3.8, 4) is 11.5 Å². The van der Waals surface area contributed by atoms with Gasteiger partial charge in [-0.2, -0.15) is 12.6 Å². The van der Waals surface area contributed by atoms with E-state index in [9.17, 15) is 5.11 Å². The number of benzene rings is 1. The van der Waals surface area contributed by atoms with Crippen LogP contribution in [0.4, 0.5) is 0 Å². The number of aliphatic hydroxyl groups is 1. The van der Waals surface area contributed by atoms with Crippen LogP contribution in [0.5, 0.6) is 11.5 Å². The van der Waals surface area contributed by atoms with Crippen molar-refractivity contribution in [1.29, 1.82) is 0 Å². The SMILES string of the molecule is CC(C)(C)c1cc(OCC(S)CO)ccc1O. The van der Waals surface area contributed by atoms with E-state index in [2.05, 4.69) is 12.6 Å². The zero-order chi connectivity index (χ0) is 13.1. The lowest BCUT2D eigenvalue weighted by Crippen LogP contribution is -2.16. The minimum Gasteiger partial charge on any atom is -0.508 e. The normalized spacial score (nSPS) is 13.5. The van der Waals surface area contributed by atoms with E-state index in [0.717, 1.165) is 5.56 Å². The molecule has 1 aromatic rings. The minimum atomic E-state index is -0.193. The van der Waals surface area contributed by atoms with Gasteiger partial charge in [0.25, 0.3) is 0 Å². The summed E-state index contributed by atoms with van der Waals surface area (Å²) in [7, 11) is 0. The molecule has 1 rings (SSSR count). The first-order valence-electron chi connectivity index (χ1n) is 5.60. The molecule has 3 nitrogen and oxygen atoms in total. The fourth-order valence-corrected chi connectivity index (χ4v) is 1.53. The van der Waals surface area contributed by atoms with E-state index in [-0.39, 0.29) is 23.0 Å². The standard InChI is InChI=1S/C13H20O3S/c1-13(2,3)11-6-9(4-5-12(11)15)16-8-10(17)7-14/h4-6,10,14-15,17H,7-8H2,1-3H3. The molecular weight excluding hydrogens is 236 g/mol. The summed E-state index contributed by atoms with van der Waals surface area (Å²) in [6.45, 7) is 6.41. The van der Waals surface area contributed by atoms with Crippen LogP contribution >= 0.6 is 12.6 Å². The Hall–Kier alpha value is -0.870. The van der Waals surface area contributed by atoms with Crippen molar-refractivity contribution in [2.45, 2.75) is 31.4 Å². The average molecular weight is 256 g/mol. The largest absolute Gasteiger partial charge is 0.508 e. The van der Waals surface area contributed by atoms with E-state index in [1.807, 2.05) is 26.8 Å². The number of phenolic OH excluding ortho intramolecular Hbond substituents is 1. The second kappa shape index (κ2) is 5.65. The van der Waals surface area contributed by atoms with Crippen molar-refractivity contribution in [1.82, 2.24) is 0 Å². The molecule has 17 heavy (non-hydrogen) atoms. The highest BCUT2D eigenvalue weighted by molar-refractivity contribution is 7.81. The smallest absolute Gasteiger partial charge is 0.119 e. The summed E-state index contributed by atoms with van der Waals surface area (Å²) in [6.07, 6.45) is 0. The maximum Gasteiger partial charge on any atom is 0.119 e. The third kappa shape index (κ3) is 4.13. The fraction of sp³-hybridized carbons (Fsp3) is 0.538. The molecule has 0 aliphatic heterocycles. The average Bonchev–Trinajstić information content (AvgIpc) is 2.26. The molecular formula is C13H20O3S. The van der Waals surface area contributed by atoms with Gasteiger partial charge in [-0.25, -0.2) is 0 Å². The second-order valence-electron chi connectivity index (χ2n) is 5.08. The van der Waals surface area contributed by atoms with Crippen LogP contribution in [0, 0.1) is 0 Å². The molecule has 0 spiro atoms. The Labute approximate surface area is 108 Å². The van der Waals surface area contributed by atoms with Crippen molar-refractivity contribution >= 4 is 12.6 Å². The Balaban J connectivity index is 2.82. The lowest BCUT2D eigenvalue weighted by atomic mass is 9.86. The molecule has 0 radical (unpaired) electrons. The van der Waals surface area contributed by atoms with Crippen LogP contribution in [0.3, 0.4) is 0 Å². The molecule has 96 valence electrons. The van der Waals surface area contributed by atoms with Crippen LogP contribution < -0.4 is 4.74 Å². The lowest BCUT2D eigenvalue weighted by molar-refractivity contribution is 0.241. The van der Waals surface area contributed by atoms with Gasteiger partial charge < -0.3 is 14.9 Å². The van der Waals surface area contributed by atoms with Gasteiger partial charge in [0, 0.05) is 5.56 Å². The van der Waals surface area contributed by atoms with Crippen LogP contribution in [0.2, 0.25) is 0 Å².